The van der Waals surface area contributed by atoms with Crippen molar-refractivity contribution in [3.8, 4) is 5.75 Å². The Balaban J connectivity index is 1.32. The maximum absolute atomic E-state index is 5.81. The summed E-state index contributed by atoms with van der Waals surface area (Å²) in [6.07, 6.45) is 4.16. The predicted octanol–water partition coefficient (Wildman–Crippen LogP) is 2.17. The lowest BCUT2D eigenvalue weighted by Gasteiger charge is -2.40. The molecule has 1 atom stereocenters. The van der Waals surface area contributed by atoms with Crippen molar-refractivity contribution >= 4 is 0 Å². The van der Waals surface area contributed by atoms with E-state index in [1.54, 1.807) is 0 Å². The SMILES string of the molecule is CN1CCCC[C@H]1CN1CCN(CCOc2ccccc2)CC1. The minimum atomic E-state index is 0.775. The van der Waals surface area contributed by atoms with Crippen LogP contribution in [0.4, 0.5) is 0 Å². The summed E-state index contributed by atoms with van der Waals surface area (Å²) in [6, 6.07) is 10.9. The van der Waals surface area contributed by atoms with E-state index >= 15 is 0 Å². The smallest absolute Gasteiger partial charge is 0.119 e. The van der Waals surface area contributed by atoms with Crippen molar-refractivity contribution in [1.29, 1.82) is 0 Å². The Morgan fingerprint density at radius 3 is 2.43 bits per heavy atom. The molecular weight excluding hydrogens is 286 g/mol. The normalized spacial score (nSPS) is 24.7. The van der Waals surface area contributed by atoms with Gasteiger partial charge in [-0.2, -0.15) is 0 Å². The largest absolute Gasteiger partial charge is 0.492 e. The third-order valence-corrected chi connectivity index (χ3v) is 5.27. The van der Waals surface area contributed by atoms with Crippen LogP contribution >= 0.6 is 0 Å². The van der Waals surface area contributed by atoms with Crippen LogP contribution in [-0.4, -0.2) is 80.2 Å². The first-order chi connectivity index (χ1) is 11.3. The van der Waals surface area contributed by atoms with Gasteiger partial charge in [-0.3, -0.25) is 9.80 Å². The summed E-state index contributed by atoms with van der Waals surface area (Å²) in [5.41, 5.74) is 0. The van der Waals surface area contributed by atoms with Gasteiger partial charge in [0, 0.05) is 45.3 Å². The summed E-state index contributed by atoms with van der Waals surface area (Å²) in [5.74, 6) is 0.978. The third-order valence-electron chi connectivity index (χ3n) is 5.27. The first kappa shape index (κ1) is 16.7. The zero-order valence-corrected chi connectivity index (χ0v) is 14.5. The Morgan fingerprint density at radius 1 is 0.957 bits per heavy atom. The van der Waals surface area contributed by atoms with Crippen molar-refractivity contribution < 1.29 is 4.74 Å². The number of likely N-dealkylation sites (N-methyl/N-ethyl adjacent to an activating group) is 1. The average Bonchev–Trinajstić information content (AvgIpc) is 2.59. The second kappa shape index (κ2) is 8.67. The number of likely N-dealkylation sites (tertiary alicyclic amines) is 1. The van der Waals surface area contributed by atoms with Crippen LogP contribution in [0.2, 0.25) is 0 Å². The molecule has 0 amide bonds. The number of piperidine rings is 1. The molecular formula is C19H31N3O. The summed E-state index contributed by atoms with van der Waals surface area (Å²) >= 11 is 0. The van der Waals surface area contributed by atoms with E-state index in [9.17, 15) is 0 Å². The minimum absolute atomic E-state index is 0.775. The first-order valence-corrected chi connectivity index (χ1v) is 9.14. The molecule has 0 saturated carbocycles. The van der Waals surface area contributed by atoms with E-state index in [0.717, 1.165) is 24.9 Å². The van der Waals surface area contributed by atoms with E-state index in [0.29, 0.717) is 0 Å². The van der Waals surface area contributed by atoms with Crippen molar-refractivity contribution in [1.82, 2.24) is 14.7 Å². The van der Waals surface area contributed by atoms with Crippen LogP contribution in [0.1, 0.15) is 19.3 Å². The van der Waals surface area contributed by atoms with E-state index < -0.39 is 0 Å². The van der Waals surface area contributed by atoms with Crippen LogP contribution in [-0.2, 0) is 0 Å². The lowest BCUT2D eigenvalue weighted by atomic mass is 10.0. The predicted molar refractivity (Wildman–Crippen MR) is 95.1 cm³/mol. The summed E-state index contributed by atoms with van der Waals surface area (Å²) in [7, 11) is 2.29. The molecule has 2 saturated heterocycles. The average molecular weight is 317 g/mol. The highest BCUT2D eigenvalue weighted by Crippen LogP contribution is 2.17. The Bertz CT molecular complexity index is 445. The van der Waals surface area contributed by atoms with Gasteiger partial charge in [-0.15, -0.1) is 0 Å². The zero-order valence-electron chi connectivity index (χ0n) is 14.5. The number of rotatable bonds is 6. The molecule has 0 spiro atoms. The zero-order chi connectivity index (χ0) is 15.9. The van der Waals surface area contributed by atoms with Crippen molar-refractivity contribution in [2.45, 2.75) is 25.3 Å². The molecule has 0 aliphatic carbocycles. The molecule has 128 valence electrons. The summed E-state index contributed by atoms with van der Waals surface area (Å²) in [6.45, 7) is 9.11. The van der Waals surface area contributed by atoms with Crippen LogP contribution in [0.15, 0.2) is 30.3 Å². The number of nitrogens with zero attached hydrogens (tertiary/aromatic N) is 3. The fourth-order valence-electron chi connectivity index (χ4n) is 3.68. The highest BCUT2D eigenvalue weighted by molar-refractivity contribution is 5.20. The molecule has 2 aliphatic heterocycles. The van der Waals surface area contributed by atoms with Gasteiger partial charge in [-0.05, 0) is 38.6 Å². The molecule has 2 heterocycles. The van der Waals surface area contributed by atoms with Gasteiger partial charge in [-0.1, -0.05) is 24.6 Å². The fourth-order valence-corrected chi connectivity index (χ4v) is 3.68. The van der Waals surface area contributed by atoms with Gasteiger partial charge in [0.25, 0.3) is 0 Å². The molecule has 3 rings (SSSR count). The van der Waals surface area contributed by atoms with Gasteiger partial charge in [0.2, 0.25) is 0 Å². The quantitative estimate of drug-likeness (QED) is 0.800. The molecule has 0 N–H and O–H groups in total. The Labute approximate surface area is 141 Å². The standard InChI is InChI=1S/C19H31N3O/c1-20-10-6-5-7-18(20)17-22-13-11-21(12-14-22)15-16-23-19-8-3-2-4-9-19/h2-4,8-9,18H,5-7,10-17H2,1H3/t18-/m0/s1. The highest BCUT2D eigenvalue weighted by Gasteiger charge is 2.24. The molecule has 0 unspecified atom stereocenters. The number of hydrogen-bond donors (Lipinski definition) is 0. The Hall–Kier alpha value is -1.10. The van der Waals surface area contributed by atoms with E-state index in [2.05, 4.69) is 21.7 Å². The van der Waals surface area contributed by atoms with Gasteiger partial charge < -0.3 is 9.64 Å². The molecule has 2 fully saturated rings. The maximum Gasteiger partial charge on any atom is 0.119 e. The summed E-state index contributed by atoms with van der Waals surface area (Å²) in [4.78, 5) is 7.74. The number of hydrogen-bond acceptors (Lipinski definition) is 4. The lowest BCUT2D eigenvalue weighted by Crippen LogP contribution is -2.52. The van der Waals surface area contributed by atoms with Gasteiger partial charge >= 0.3 is 0 Å². The second-order valence-electron chi connectivity index (χ2n) is 6.93. The molecule has 23 heavy (non-hydrogen) atoms. The number of ether oxygens (including phenoxy) is 1. The van der Waals surface area contributed by atoms with E-state index in [1.165, 1.54) is 58.5 Å². The van der Waals surface area contributed by atoms with E-state index in [-0.39, 0.29) is 0 Å². The molecule has 4 heteroatoms. The molecule has 0 aromatic heterocycles. The Kier molecular flexibility index (Phi) is 6.31. The van der Waals surface area contributed by atoms with Crippen LogP contribution in [0.25, 0.3) is 0 Å². The van der Waals surface area contributed by atoms with Gasteiger partial charge in [0.05, 0.1) is 0 Å². The number of piperazine rings is 1. The molecule has 4 nitrogen and oxygen atoms in total. The summed E-state index contributed by atoms with van der Waals surface area (Å²) in [5, 5.41) is 0. The Morgan fingerprint density at radius 2 is 1.70 bits per heavy atom. The van der Waals surface area contributed by atoms with Gasteiger partial charge in [0.1, 0.15) is 12.4 Å². The first-order valence-electron chi connectivity index (χ1n) is 9.14. The van der Waals surface area contributed by atoms with Crippen molar-refractivity contribution in [3.05, 3.63) is 30.3 Å². The molecule has 1 aromatic rings. The maximum atomic E-state index is 5.81. The van der Waals surface area contributed by atoms with Gasteiger partial charge in [0.15, 0.2) is 0 Å². The fraction of sp³-hybridized carbons (Fsp3) is 0.684. The second-order valence-corrected chi connectivity index (χ2v) is 6.93. The van der Waals surface area contributed by atoms with Crippen molar-refractivity contribution in [3.63, 3.8) is 0 Å². The van der Waals surface area contributed by atoms with Crippen LogP contribution in [0, 0.1) is 0 Å². The summed E-state index contributed by atoms with van der Waals surface area (Å²) < 4.78 is 5.81. The van der Waals surface area contributed by atoms with Gasteiger partial charge in [-0.25, -0.2) is 0 Å². The van der Waals surface area contributed by atoms with Crippen LogP contribution in [0.5, 0.6) is 5.75 Å². The highest BCUT2D eigenvalue weighted by atomic mass is 16.5. The van der Waals surface area contributed by atoms with E-state index in [1.807, 2.05) is 30.3 Å². The minimum Gasteiger partial charge on any atom is -0.492 e. The number of benzene rings is 1. The molecule has 0 bridgehead atoms. The molecule has 0 radical (unpaired) electrons. The van der Waals surface area contributed by atoms with Crippen LogP contribution < -0.4 is 4.74 Å². The van der Waals surface area contributed by atoms with Crippen LogP contribution in [0.3, 0.4) is 0 Å². The third kappa shape index (κ3) is 5.20. The van der Waals surface area contributed by atoms with Crippen molar-refractivity contribution in [2.24, 2.45) is 0 Å². The van der Waals surface area contributed by atoms with E-state index in [4.69, 9.17) is 4.74 Å². The van der Waals surface area contributed by atoms with Crippen molar-refractivity contribution in [2.75, 3.05) is 59.5 Å². The lowest BCUT2D eigenvalue weighted by molar-refractivity contribution is 0.0785. The monoisotopic (exact) mass is 317 g/mol. The topological polar surface area (TPSA) is 19.0 Å². The molecule has 1 aromatic carbocycles. The number of para-hydroxylation sites is 1. The molecule has 2 aliphatic rings.